The lowest BCUT2D eigenvalue weighted by atomic mass is 10.0. The lowest BCUT2D eigenvalue weighted by molar-refractivity contribution is 0.124. The van der Waals surface area contributed by atoms with Crippen molar-refractivity contribution in [2.45, 2.75) is 65.3 Å². The van der Waals surface area contributed by atoms with Gasteiger partial charge in [-0.1, -0.05) is 33.1 Å². The van der Waals surface area contributed by atoms with Crippen LogP contribution in [-0.2, 0) is 0 Å². The minimum absolute atomic E-state index is 0.169. The van der Waals surface area contributed by atoms with Crippen LogP contribution in [0.4, 0.5) is 0 Å². The van der Waals surface area contributed by atoms with E-state index in [1.165, 1.54) is 45.2 Å². The van der Waals surface area contributed by atoms with Crippen LogP contribution >= 0.6 is 0 Å². The van der Waals surface area contributed by atoms with Gasteiger partial charge in [-0.25, -0.2) is 0 Å². The minimum Gasteiger partial charge on any atom is -0.329 e. The Morgan fingerprint density at radius 2 is 1.60 bits per heavy atom. The van der Waals surface area contributed by atoms with E-state index in [4.69, 9.17) is 5.73 Å². The number of nitrogens with zero attached hydrogens (tertiary/aromatic N) is 1. The lowest BCUT2D eigenvalue weighted by Gasteiger charge is -2.37. The summed E-state index contributed by atoms with van der Waals surface area (Å²) in [6.07, 6.45) is 6.57. The Morgan fingerprint density at radius 3 is 2.07 bits per heavy atom. The first-order valence-electron chi connectivity index (χ1n) is 6.53. The van der Waals surface area contributed by atoms with Crippen LogP contribution in [0.5, 0.6) is 0 Å². The summed E-state index contributed by atoms with van der Waals surface area (Å²) in [6.45, 7) is 12.1. The Labute approximate surface area is 96.2 Å². The number of rotatable bonds is 9. The van der Waals surface area contributed by atoms with Gasteiger partial charge in [-0.05, 0) is 39.8 Å². The summed E-state index contributed by atoms with van der Waals surface area (Å²) >= 11 is 0. The Kier molecular flexibility index (Phi) is 8.07. The summed E-state index contributed by atoms with van der Waals surface area (Å²) in [7, 11) is 0. The number of nitrogens with two attached hydrogens (primary N) is 1. The van der Waals surface area contributed by atoms with Crippen LogP contribution in [0.2, 0.25) is 0 Å². The molecule has 0 atom stereocenters. The largest absolute Gasteiger partial charge is 0.329 e. The molecule has 0 rings (SSSR count). The number of unbranched alkanes of at least 4 members (excludes halogenated alkanes) is 3. The molecule has 0 bridgehead atoms. The van der Waals surface area contributed by atoms with Gasteiger partial charge in [0.2, 0.25) is 0 Å². The van der Waals surface area contributed by atoms with Gasteiger partial charge in [-0.3, -0.25) is 4.90 Å². The first-order valence-corrected chi connectivity index (χ1v) is 6.53. The Hall–Kier alpha value is -0.0800. The maximum absolute atomic E-state index is 5.83. The predicted octanol–water partition coefficient (Wildman–Crippen LogP) is 3.02. The molecule has 0 unspecified atom stereocenters. The van der Waals surface area contributed by atoms with Gasteiger partial charge in [-0.15, -0.1) is 0 Å². The predicted molar refractivity (Wildman–Crippen MR) is 69.1 cm³/mol. The molecule has 2 N–H and O–H groups in total. The second kappa shape index (κ2) is 8.12. The van der Waals surface area contributed by atoms with Gasteiger partial charge < -0.3 is 5.73 Å². The zero-order chi connectivity index (χ0) is 11.7. The molecule has 0 aromatic rings. The molecule has 0 fully saturated rings. The van der Waals surface area contributed by atoms with E-state index in [-0.39, 0.29) is 5.54 Å². The standard InChI is InChI=1S/C13H30N2/c1-5-7-8-9-11-15(10-6-2)13(3,4)12-14/h5-12,14H2,1-4H3. The molecule has 0 saturated heterocycles. The smallest absolute Gasteiger partial charge is 0.0275 e. The van der Waals surface area contributed by atoms with Gasteiger partial charge >= 0.3 is 0 Å². The maximum atomic E-state index is 5.83. The summed E-state index contributed by atoms with van der Waals surface area (Å²) in [5.74, 6) is 0. The van der Waals surface area contributed by atoms with Crippen molar-refractivity contribution >= 4 is 0 Å². The van der Waals surface area contributed by atoms with E-state index in [1.807, 2.05) is 0 Å². The van der Waals surface area contributed by atoms with E-state index in [1.54, 1.807) is 0 Å². The lowest BCUT2D eigenvalue weighted by Crippen LogP contribution is -2.50. The zero-order valence-electron chi connectivity index (χ0n) is 11.2. The number of hydrogen-bond donors (Lipinski definition) is 1. The fraction of sp³-hybridized carbons (Fsp3) is 1.00. The van der Waals surface area contributed by atoms with Crippen molar-refractivity contribution in [3.63, 3.8) is 0 Å². The van der Waals surface area contributed by atoms with E-state index in [0.717, 1.165) is 6.54 Å². The highest BCUT2D eigenvalue weighted by Gasteiger charge is 2.23. The molecule has 0 aliphatic heterocycles. The summed E-state index contributed by atoms with van der Waals surface area (Å²) < 4.78 is 0. The third kappa shape index (κ3) is 6.16. The van der Waals surface area contributed by atoms with Crippen LogP contribution in [-0.4, -0.2) is 30.1 Å². The molecule has 0 aliphatic carbocycles. The normalized spacial score (nSPS) is 12.4. The van der Waals surface area contributed by atoms with E-state index in [9.17, 15) is 0 Å². The van der Waals surface area contributed by atoms with E-state index in [0.29, 0.717) is 0 Å². The summed E-state index contributed by atoms with van der Waals surface area (Å²) in [5, 5.41) is 0. The van der Waals surface area contributed by atoms with Crippen LogP contribution in [0.1, 0.15) is 59.8 Å². The van der Waals surface area contributed by atoms with Crippen molar-refractivity contribution in [3.8, 4) is 0 Å². The Bertz CT molecular complexity index is 143. The molecule has 0 amide bonds. The first-order chi connectivity index (χ1) is 7.08. The van der Waals surface area contributed by atoms with E-state index >= 15 is 0 Å². The second-order valence-electron chi connectivity index (χ2n) is 5.06. The fourth-order valence-electron chi connectivity index (χ4n) is 1.85. The average molecular weight is 214 g/mol. The quantitative estimate of drug-likeness (QED) is 0.598. The molecule has 92 valence electrons. The van der Waals surface area contributed by atoms with Crippen molar-refractivity contribution in [2.75, 3.05) is 19.6 Å². The third-order valence-corrected chi connectivity index (χ3v) is 3.13. The van der Waals surface area contributed by atoms with Gasteiger partial charge in [0, 0.05) is 12.1 Å². The summed E-state index contributed by atoms with van der Waals surface area (Å²) in [6, 6.07) is 0. The van der Waals surface area contributed by atoms with Crippen LogP contribution in [0, 0.1) is 0 Å². The SMILES string of the molecule is CCCCCCN(CCC)C(C)(C)CN. The van der Waals surface area contributed by atoms with Crippen LogP contribution in [0.15, 0.2) is 0 Å². The second-order valence-corrected chi connectivity index (χ2v) is 5.06. The Balaban J connectivity index is 3.93. The van der Waals surface area contributed by atoms with Crippen molar-refractivity contribution in [1.29, 1.82) is 0 Å². The van der Waals surface area contributed by atoms with Crippen molar-refractivity contribution in [1.82, 2.24) is 4.90 Å². The van der Waals surface area contributed by atoms with Crippen molar-refractivity contribution in [2.24, 2.45) is 5.73 Å². The summed E-state index contributed by atoms with van der Waals surface area (Å²) in [5.41, 5.74) is 6.00. The van der Waals surface area contributed by atoms with Gasteiger partial charge in [0.25, 0.3) is 0 Å². The molecular weight excluding hydrogens is 184 g/mol. The fourth-order valence-corrected chi connectivity index (χ4v) is 1.85. The molecule has 15 heavy (non-hydrogen) atoms. The molecule has 0 aliphatic rings. The molecule has 0 heterocycles. The first kappa shape index (κ1) is 14.9. The van der Waals surface area contributed by atoms with Crippen LogP contribution in [0.3, 0.4) is 0 Å². The maximum Gasteiger partial charge on any atom is 0.0275 e. The highest BCUT2D eigenvalue weighted by molar-refractivity contribution is 4.82. The monoisotopic (exact) mass is 214 g/mol. The molecular formula is C13H30N2. The zero-order valence-corrected chi connectivity index (χ0v) is 11.2. The van der Waals surface area contributed by atoms with Crippen molar-refractivity contribution < 1.29 is 0 Å². The van der Waals surface area contributed by atoms with Gasteiger partial charge in [0.1, 0.15) is 0 Å². The van der Waals surface area contributed by atoms with E-state index < -0.39 is 0 Å². The van der Waals surface area contributed by atoms with Gasteiger partial charge in [0.15, 0.2) is 0 Å². The molecule has 0 saturated carbocycles. The molecule has 0 spiro atoms. The summed E-state index contributed by atoms with van der Waals surface area (Å²) in [4.78, 5) is 2.54. The van der Waals surface area contributed by atoms with Crippen LogP contribution in [0.25, 0.3) is 0 Å². The van der Waals surface area contributed by atoms with Crippen LogP contribution < -0.4 is 5.73 Å². The highest BCUT2D eigenvalue weighted by atomic mass is 15.2. The van der Waals surface area contributed by atoms with Gasteiger partial charge in [0.05, 0.1) is 0 Å². The average Bonchev–Trinajstić information content (AvgIpc) is 2.22. The third-order valence-electron chi connectivity index (χ3n) is 3.13. The molecule has 0 aromatic carbocycles. The number of hydrogen-bond acceptors (Lipinski definition) is 2. The van der Waals surface area contributed by atoms with Crippen molar-refractivity contribution in [3.05, 3.63) is 0 Å². The molecule has 0 radical (unpaired) electrons. The topological polar surface area (TPSA) is 29.3 Å². The van der Waals surface area contributed by atoms with E-state index in [2.05, 4.69) is 32.6 Å². The molecule has 2 nitrogen and oxygen atoms in total. The van der Waals surface area contributed by atoms with Gasteiger partial charge in [-0.2, -0.15) is 0 Å². The Morgan fingerprint density at radius 1 is 0.933 bits per heavy atom. The highest BCUT2D eigenvalue weighted by Crippen LogP contribution is 2.14. The molecule has 2 heteroatoms. The molecule has 0 aromatic heterocycles. The minimum atomic E-state index is 0.169.